The molecule has 0 unspecified atom stereocenters. The standard InChI is InChI=1S/C21H17ClN2O5S2/c1-31(26,27)17-8-9-18-19(11-17)30-21(23-18)24(12-16-3-2-10-28-16)20(25)13-29-15-6-4-14(22)5-7-15/h2-11H,12-13H2,1H3. The van der Waals surface area contributed by atoms with Gasteiger partial charge in [-0.3, -0.25) is 9.69 Å². The van der Waals surface area contributed by atoms with Gasteiger partial charge in [-0.25, -0.2) is 13.4 Å². The molecule has 4 rings (SSSR count). The van der Waals surface area contributed by atoms with Gasteiger partial charge in [-0.1, -0.05) is 22.9 Å². The molecular weight excluding hydrogens is 460 g/mol. The van der Waals surface area contributed by atoms with Crippen LogP contribution in [0.1, 0.15) is 5.76 Å². The average molecular weight is 477 g/mol. The van der Waals surface area contributed by atoms with E-state index in [1.165, 1.54) is 28.6 Å². The molecule has 160 valence electrons. The number of aromatic nitrogens is 1. The van der Waals surface area contributed by atoms with Crippen LogP contribution in [-0.4, -0.2) is 32.2 Å². The van der Waals surface area contributed by atoms with Crippen LogP contribution in [0, 0.1) is 0 Å². The second kappa shape index (κ2) is 8.70. The summed E-state index contributed by atoms with van der Waals surface area (Å²) in [6, 6.07) is 14.9. The van der Waals surface area contributed by atoms with Gasteiger partial charge >= 0.3 is 0 Å². The van der Waals surface area contributed by atoms with Crippen molar-refractivity contribution >= 4 is 54.0 Å². The highest BCUT2D eigenvalue weighted by Crippen LogP contribution is 2.31. The maximum Gasteiger partial charge on any atom is 0.267 e. The number of hydrogen-bond donors (Lipinski definition) is 0. The number of anilines is 1. The molecule has 0 aliphatic carbocycles. The molecule has 0 bridgehead atoms. The molecule has 0 saturated carbocycles. The fraction of sp³-hybridized carbons (Fsp3) is 0.143. The number of fused-ring (bicyclic) bond motifs is 1. The molecule has 0 aliphatic rings. The number of benzene rings is 2. The Bertz CT molecular complexity index is 1320. The Kier molecular flexibility index (Phi) is 5.99. The van der Waals surface area contributed by atoms with E-state index < -0.39 is 9.84 Å². The predicted molar refractivity (Wildman–Crippen MR) is 120 cm³/mol. The number of sulfone groups is 1. The van der Waals surface area contributed by atoms with Gasteiger partial charge in [0.1, 0.15) is 11.5 Å². The van der Waals surface area contributed by atoms with Crippen molar-refractivity contribution in [1.82, 2.24) is 4.98 Å². The quantitative estimate of drug-likeness (QED) is 0.388. The molecule has 0 aliphatic heterocycles. The van der Waals surface area contributed by atoms with Gasteiger partial charge in [-0.2, -0.15) is 0 Å². The van der Waals surface area contributed by atoms with E-state index >= 15 is 0 Å². The minimum Gasteiger partial charge on any atom is -0.484 e. The van der Waals surface area contributed by atoms with Crippen molar-refractivity contribution in [3.63, 3.8) is 0 Å². The highest BCUT2D eigenvalue weighted by atomic mass is 35.5. The monoisotopic (exact) mass is 476 g/mol. The van der Waals surface area contributed by atoms with Gasteiger partial charge in [0.15, 0.2) is 21.6 Å². The maximum atomic E-state index is 13.0. The van der Waals surface area contributed by atoms with Gasteiger partial charge in [0, 0.05) is 11.3 Å². The van der Waals surface area contributed by atoms with Crippen LogP contribution in [-0.2, 0) is 21.2 Å². The largest absolute Gasteiger partial charge is 0.484 e. The molecule has 1 amide bonds. The van der Waals surface area contributed by atoms with Crippen LogP contribution in [0.3, 0.4) is 0 Å². The van der Waals surface area contributed by atoms with E-state index in [1.807, 2.05) is 0 Å². The third-order valence-electron chi connectivity index (χ3n) is 4.38. The molecule has 4 aromatic rings. The van der Waals surface area contributed by atoms with Gasteiger partial charge in [0.2, 0.25) is 0 Å². The maximum absolute atomic E-state index is 13.0. The Balaban J connectivity index is 1.62. The normalized spacial score (nSPS) is 11.5. The molecule has 2 aromatic carbocycles. The molecule has 0 radical (unpaired) electrons. The lowest BCUT2D eigenvalue weighted by atomic mass is 10.3. The summed E-state index contributed by atoms with van der Waals surface area (Å²) in [5, 5.41) is 0.989. The molecule has 0 atom stereocenters. The van der Waals surface area contributed by atoms with Crippen molar-refractivity contribution in [1.29, 1.82) is 0 Å². The van der Waals surface area contributed by atoms with Crippen molar-refractivity contribution in [3.8, 4) is 5.75 Å². The van der Waals surface area contributed by atoms with E-state index in [-0.39, 0.29) is 24.0 Å². The summed E-state index contributed by atoms with van der Waals surface area (Å²) in [4.78, 5) is 19.2. The first-order chi connectivity index (χ1) is 14.8. The lowest BCUT2D eigenvalue weighted by Gasteiger charge is -2.19. The predicted octanol–water partition coefficient (Wildman–Crippen LogP) is 4.56. The Hall–Kier alpha value is -2.88. The van der Waals surface area contributed by atoms with Gasteiger partial charge in [0.25, 0.3) is 5.91 Å². The number of hydrogen-bond acceptors (Lipinski definition) is 7. The van der Waals surface area contributed by atoms with Crippen molar-refractivity contribution in [3.05, 3.63) is 71.6 Å². The molecule has 0 fully saturated rings. The topological polar surface area (TPSA) is 89.7 Å². The van der Waals surface area contributed by atoms with Crippen molar-refractivity contribution in [2.75, 3.05) is 17.8 Å². The molecule has 31 heavy (non-hydrogen) atoms. The number of amides is 1. The summed E-state index contributed by atoms with van der Waals surface area (Å²) in [6.07, 6.45) is 2.68. The van der Waals surface area contributed by atoms with Crippen LogP contribution < -0.4 is 9.64 Å². The smallest absolute Gasteiger partial charge is 0.267 e. The molecule has 0 saturated heterocycles. The Morgan fingerprint density at radius 3 is 2.65 bits per heavy atom. The summed E-state index contributed by atoms with van der Waals surface area (Å²) < 4.78 is 35.4. The molecule has 2 aromatic heterocycles. The second-order valence-corrected chi connectivity index (χ2v) is 10.2. The first-order valence-corrected chi connectivity index (χ1v) is 12.2. The minimum atomic E-state index is -3.35. The summed E-state index contributed by atoms with van der Waals surface area (Å²) >= 11 is 7.10. The number of ether oxygens (including phenoxy) is 1. The van der Waals surface area contributed by atoms with Crippen molar-refractivity contribution in [2.45, 2.75) is 11.4 Å². The number of thiazole rings is 1. The number of halogens is 1. The first kappa shape index (κ1) is 21.4. The third-order valence-corrected chi connectivity index (χ3v) is 6.78. The summed E-state index contributed by atoms with van der Waals surface area (Å²) in [6.45, 7) is -0.0541. The highest BCUT2D eigenvalue weighted by Gasteiger charge is 2.22. The second-order valence-electron chi connectivity index (χ2n) is 6.70. The van der Waals surface area contributed by atoms with Crippen LogP contribution in [0.25, 0.3) is 10.2 Å². The zero-order valence-corrected chi connectivity index (χ0v) is 18.7. The summed E-state index contributed by atoms with van der Waals surface area (Å²) in [7, 11) is -3.35. The van der Waals surface area contributed by atoms with E-state index in [0.717, 1.165) is 6.26 Å². The number of nitrogens with zero attached hydrogens (tertiary/aromatic N) is 2. The fourth-order valence-electron chi connectivity index (χ4n) is 2.81. The van der Waals surface area contributed by atoms with Crippen molar-refractivity contribution in [2.24, 2.45) is 0 Å². The lowest BCUT2D eigenvalue weighted by Crippen LogP contribution is -2.34. The van der Waals surface area contributed by atoms with Crippen molar-refractivity contribution < 1.29 is 22.4 Å². The van der Waals surface area contributed by atoms with Gasteiger partial charge in [-0.05, 0) is 54.6 Å². The number of furan rings is 1. The fourth-order valence-corrected chi connectivity index (χ4v) is 4.68. The minimum absolute atomic E-state index is 0.161. The van der Waals surface area contributed by atoms with Gasteiger partial charge in [0.05, 0.1) is 27.9 Å². The van der Waals surface area contributed by atoms with Crippen LogP contribution in [0.5, 0.6) is 5.75 Å². The van der Waals surface area contributed by atoms with E-state index in [4.69, 9.17) is 20.8 Å². The Labute approximate surface area is 187 Å². The third kappa shape index (κ3) is 5.07. The zero-order chi connectivity index (χ0) is 22.0. The Morgan fingerprint density at radius 1 is 1.19 bits per heavy atom. The molecule has 7 nitrogen and oxygen atoms in total. The lowest BCUT2D eigenvalue weighted by molar-refractivity contribution is -0.120. The van der Waals surface area contributed by atoms with E-state index in [0.29, 0.717) is 31.9 Å². The molecule has 10 heteroatoms. The van der Waals surface area contributed by atoms with E-state index in [9.17, 15) is 13.2 Å². The zero-order valence-electron chi connectivity index (χ0n) is 16.3. The van der Waals surface area contributed by atoms with Crippen LogP contribution in [0.4, 0.5) is 5.13 Å². The molecule has 0 spiro atoms. The summed E-state index contributed by atoms with van der Waals surface area (Å²) in [5.74, 6) is 0.766. The Morgan fingerprint density at radius 2 is 1.97 bits per heavy atom. The van der Waals surface area contributed by atoms with Gasteiger partial charge in [-0.15, -0.1) is 0 Å². The van der Waals surface area contributed by atoms with Crippen LogP contribution in [0.15, 0.2) is 70.2 Å². The SMILES string of the molecule is CS(=O)(=O)c1ccc2nc(N(Cc3ccco3)C(=O)COc3ccc(Cl)cc3)sc2c1. The highest BCUT2D eigenvalue weighted by molar-refractivity contribution is 7.90. The summed E-state index contributed by atoms with van der Waals surface area (Å²) in [5.41, 5.74) is 0.600. The molecule has 2 heterocycles. The van der Waals surface area contributed by atoms with Crippen LogP contribution in [0.2, 0.25) is 5.02 Å². The first-order valence-electron chi connectivity index (χ1n) is 9.11. The van der Waals surface area contributed by atoms with E-state index in [1.54, 1.807) is 48.5 Å². The van der Waals surface area contributed by atoms with E-state index in [2.05, 4.69) is 4.98 Å². The molecule has 0 N–H and O–H groups in total. The van der Waals surface area contributed by atoms with Crippen LogP contribution >= 0.6 is 22.9 Å². The number of carbonyl (C=O) groups is 1. The number of rotatable bonds is 7. The number of carbonyl (C=O) groups excluding carboxylic acids is 1. The van der Waals surface area contributed by atoms with Gasteiger partial charge < -0.3 is 9.15 Å². The molecular formula is C21H17ClN2O5S2. The average Bonchev–Trinajstić information content (AvgIpc) is 3.39.